The first kappa shape index (κ1) is 17.5. The van der Waals surface area contributed by atoms with Gasteiger partial charge in [0, 0.05) is 6.04 Å². The van der Waals surface area contributed by atoms with Gasteiger partial charge in [0.1, 0.15) is 19.0 Å². The Balaban J connectivity index is 1.97. The minimum atomic E-state index is -0.175. The number of rotatable bonds is 8. The molecule has 0 saturated carbocycles. The van der Waals surface area contributed by atoms with E-state index in [2.05, 4.69) is 24.1 Å². The minimum absolute atomic E-state index is 0.0418. The number of hydrogen-bond donors (Lipinski definition) is 2. The molecule has 0 bridgehead atoms. The van der Waals surface area contributed by atoms with Crippen LogP contribution in [0.25, 0.3) is 11.0 Å². The summed E-state index contributed by atoms with van der Waals surface area (Å²) >= 11 is 0. The van der Waals surface area contributed by atoms with Crippen molar-refractivity contribution in [1.82, 2.24) is 14.9 Å². The number of para-hydroxylation sites is 2. The molecule has 1 amide bonds. The Morgan fingerprint density at radius 3 is 2.70 bits per heavy atom. The van der Waals surface area contributed by atoms with E-state index in [0.29, 0.717) is 11.7 Å². The zero-order valence-electron chi connectivity index (χ0n) is 14.2. The van der Waals surface area contributed by atoms with Crippen molar-refractivity contribution in [2.45, 2.75) is 59.2 Å². The number of aliphatic hydroxyl groups is 1. The fraction of sp³-hybridized carbons (Fsp3) is 0.556. The molecule has 5 nitrogen and oxygen atoms in total. The number of nitrogens with one attached hydrogen (secondary N) is 1. The lowest BCUT2D eigenvalue weighted by molar-refractivity contribution is -0.122. The summed E-state index contributed by atoms with van der Waals surface area (Å²) in [5, 5.41) is 12.5. The fourth-order valence-electron chi connectivity index (χ4n) is 2.79. The van der Waals surface area contributed by atoms with Gasteiger partial charge in [-0.2, -0.15) is 0 Å². The Labute approximate surface area is 137 Å². The summed E-state index contributed by atoms with van der Waals surface area (Å²) in [6, 6.07) is 7.78. The Bertz CT molecular complexity index is 649. The summed E-state index contributed by atoms with van der Waals surface area (Å²) in [6.07, 6.45) is 3.29. The van der Waals surface area contributed by atoms with Crippen molar-refractivity contribution in [1.29, 1.82) is 0 Å². The number of benzene rings is 1. The molecule has 0 saturated heterocycles. The SMILES string of the molecule is CC(C)CCCC(C)NC(=O)Cn1c(CO)nc2ccccc21. The summed E-state index contributed by atoms with van der Waals surface area (Å²) in [7, 11) is 0. The minimum Gasteiger partial charge on any atom is -0.388 e. The van der Waals surface area contributed by atoms with Gasteiger partial charge in [0.05, 0.1) is 11.0 Å². The molecular weight excluding hydrogens is 290 g/mol. The first-order valence-electron chi connectivity index (χ1n) is 8.35. The van der Waals surface area contributed by atoms with Crippen LogP contribution in [0.15, 0.2) is 24.3 Å². The largest absolute Gasteiger partial charge is 0.388 e. The summed E-state index contributed by atoms with van der Waals surface area (Å²) in [5.74, 6) is 1.18. The molecule has 0 fully saturated rings. The van der Waals surface area contributed by atoms with E-state index in [1.165, 1.54) is 6.42 Å². The second-order valence-electron chi connectivity index (χ2n) is 6.55. The lowest BCUT2D eigenvalue weighted by Gasteiger charge is -2.15. The number of hydrogen-bond acceptors (Lipinski definition) is 3. The molecule has 5 heteroatoms. The monoisotopic (exact) mass is 317 g/mol. The average molecular weight is 317 g/mol. The molecule has 2 N–H and O–H groups in total. The van der Waals surface area contributed by atoms with Crippen LogP contribution in [0, 0.1) is 5.92 Å². The fourth-order valence-corrected chi connectivity index (χ4v) is 2.79. The summed E-state index contributed by atoms with van der Waals surface area (Å²) in [6.45, 7) is 6.47. The average Bonchev–Trinajstić information content (AvgIpc) is 2.84. The van der Waals surface area contributed by atoms with Crippen molar-refractivity contribution < 1.29 is 9.90 Å². The standard InChI is InChI=1S/C18H27N3O2/c1-13(2)7-6-8-14(3)19-18(23)11-21-16-10-5-4-9-15(16)20-17(21)12-22/h4-5,9-10,13-14,22H,6-8,11-12H2,1-3H3,(H,19,23). The molecule has 23 heavy (non-hydrogen) atoms. The molecule has 1 unspecified atom stereocenters. The van der Waals surface area contributed by atoms with Crippen LogP contribution in [0.2, 0.25) is 0 Å². The van der Waals surface area contributed by atoms with Gasteiger partial charge in [-0.15, -0.1) is 0 Å². The quantitative estimate of drug-likeness (QED) is 0.786. The van der Waals surface area contributed by atoms with Gasteiger partial charge in [-0.25, -0.2) is 4.98 Å². The number of aliphatic hydroxyl groups excluding tert-OH is 1. The van der Waals surface area contributed by atoms with E-state index in [1.807, 2.05) is 31.2 Å². The van der Waals surface area contributed by atoms with Crippen LogP contribution in [0.5, 0.6) is 0 Å². The van der Waals surface area contributed by atoms with E-state index in [1.54, 1.807) is 4.57 Å². The van der Waals surface area contributed by atoms with E-state index < -0.39 is 0 Å². The number of fused-ring (bicyclic) bond motifs is 1. The third-order valence-corrected chi connectivity index (χ3v) is 4.00. The number of aromatic nitrogens is 2. The van der Waals surface area contributed by atoms with Gasteiger partial charge in [0.15, 0.2) is 0 Å². The molecule has 1 aromatic heterocycles. The Kier molecular flexibility index (Phi) is 6.16. The first-order chi connectivity index (χ1) is 11.0. The van der Waals surface area contributed by atoms with Crippen molar-refractivity contribution in [3.63, 3.8) is 0 Å². The van der Waals surface area contributed by atoms with Gasteiger partial charge in [-0.3, -0.25) is 4.79 Å². The van der Waals surface area contributed by atoms with Gasteiger partial charge in [0.25, 0.3) is 0 Å². The Morgan fingerprint density at radius 2 is 2.00 bits per heavy atom. The van der Waals surface area contributed by atoms with E-state index in [-0.39, 0.29) is 25.1 Å². The Morgan fingerprint density at radius 1 is 1.26 bits per heavy atom. The molecule has 0 radical (unpaired) electrons. The van der Waals surface area contributed by atoms with Crippen LogP contribution in [0.3, 0.4) is 0 Å². The van der Waals surface area contributed by atoms with Gasteiger partial charge in [-0.05, 0) is 31.4 Å². The lowest BCUT2D eigenvalue weighted by Crippen LogP contribution is -2.35. The van der Waals surface area contributed by atoms with Crippen molar-refractivity contribution in [2.75, 3.05) is 0 Å². The molecule has 1 atom stereocenters. The second kappa shape index (κ2) is 8.11. The zero-order chi connectivity index (χ0) is 16.8. The molecule has 0 aliphatic carbocycles. The normalized spacial score (nSPS) is 12.7. The molecule has 2 aromatic rings. The first-order valence-corrected chi connectivity index (χ1v) is 8.35. The number of amides is 1. The highest BCUT2D eigenvalue weighted by atomic mass is 16.3. The van der Waals surface area contributed by atoms with Crippen LogP contribution in [-0.2, 0) is 17.9 Å². The van der Waals surface area contributed by atoms with Crippen LogP contribution in [-0.4, -0.2) is 26.6 Å². The predicted molar refractivity (Wildman–Crippen MR) is 91.9 cm³/mol. The lowest BCUT2D eigenvalue weighted by atomic mass is 10.0. The highest BCUT2D eigenvalue weighted by Crippen LogP contribution is 2.16. The zero-order valence-corrected chi connectivity index (χ0v) is 14.2. The highest BCUT2D eigenvalue weighted by molar-refractivity contribution is 5.81. The molecule has 0 aliphatic heterocycles. The third kappa shape index (κ3) is 4.79. The maximum absolute atomic E-state index is 12.3. The molecule has 0 aliphatic rings. The maximum atomic E-state index is 12.3. The Hall–Kier alpha value is -1.88. The maximum Gasteiger partial charge on any atom is 0.240 e. The van der Waals surface area contributed by atoms with Crippen molar-refractivity contribution >= 4 is 16.9 Å². The topological polar surface area (TPSA) is 67.2 Å². The van der Waals surface area contributed by atoms with Crippen molar-refractivity contribution in [3.05, 3.63) is 30.1 Å². The molecule has 1 aromatic carbocycles. The number of carbonyl (C=O) groups is 1. The van der Waals surface area contributed by atoms with Crippen molar-refractivity contribution in [2.24, 2.45) is 5.92 Å². The van der Waals surface area contributed by atoms with Crippen LogP contribution >= 0.6 is 0 Å². The molecule has 126 valence electrons. The highest BCUT2D eigenvalue weighted by Gasteiger charge is 2.14. The second-order valence-corrected chi connectivity index (χ2v) is 6.55. The molecule has 2 rings (SSSR count). The number of carbonyl (C=O) groups excluding carboxylic acids is 1. The van der Waals surface area contributed by atoms with E-state index >= 15 is 0 Å². The van der Waals surface area contributed by atoms with Gasteiger partial charge in [-0.1, -0.05) is 38.8 Å². The number of imidazole rings is 1. The van der Waals surface area contributed by atoms with Gasteiger partial charge in [0.2, 0.25) is 5.91 Å². The predicted octanol–water partition coefficient (Wildman–Crippen LogP) is 2.86. The summed E-state index contributed by atoms with van der Waals surface area (Å²) in [4.78, 5) is 16.7. The third-order valence-electron chi connectivity index (χ3n) is 4.00. The summed E-state index contributed by atoms with van der Waals surface area (Å²) < 4.78 is 1.78. The molecular formula is C18H27N3O2. The van der Waals surface area contributed by atoms with E-state index in [0.717, 1.165) is 23.9 Å². The number of nitrogens with zero attached hydrogens (tertiary/aromatic N) is 2. The van der Waals surface area contributed by atoms with Gasteiger partial charge < -0.3 is 15.0 Å². The van der Waals surface area contributed by atoms with Crippen LogP contribution in [0.4, 0.5) is 0 Å². The van der Waals surface area contributed by atoms with Gasteiger partial charge >= 0.3 is 0 Å². The van der Waals surface area contributed by atoms with E-state index in [4.69, 9.17) is 0 Å². The van der Waals surface area contributed by atoms with E-state index in [9.17, 15) is 9.90 Å². The van der Waals surface area contributed by atoms with Crippen molar-refractivity contribution in [3.8, 4) is 0 Å². The van der Waals surface area contributed by atoms with Crippen LogP contribution < -0.4 is 5.32 Å². The summed E-state index contributed by atoms with van der Waals surface area (Å²) in [5.41, 5.74) is 1.67. The van der Waals surface area contributed by atoms with Crippen LogP contribution in [0.1, 0.15) is 45.9 Å². The molecule has 0 spiro atoms. The smallest absolute Gasteiger partial charge is 0.240 e. The molecule has 1 heterocycles.